The van der Waals surface area contributed by atoms with Gasteiger partial charge in [0, 0.05) is 19.1 Å². The first-order valence-electron chi connectivity index (χ1n) is 12.8. The van der Waals surface area contributed by atoms with Crippen molar-refractivity contribution in [2.75, 3.05) is 20.2 Å². The van der Waals surface area contributed by atoms with Crippen LogP contribution in [0.2, 0.25) is 0 Å². The smallest absolute Gasteiger partial charge is 0.224 e. The quantitative estimate of drug-likeness (QED) is 0.553. The summed E-state index contributed by atoms with van der Waals surface area (Å²) in [6, 6.07) is 17.0. The van der Waals surface area contributed by atoms with Crippen molar-refractivity contribution in [2.24, 2.45) is 5.92 Å². The maximum Gasteiger partial charge on any atom is 0.224 e. The lowest BCUT2D eigenvalue weighted by molar-refractivity contribution is -0.127. The summed E-state index contributed by atoms with van der Waals surface area (Å²) in [4.78, 5) is 20.4. The zero-order valence-corrected chi connectivity index (χ0v) is 20.2. The molecule has 1 atom stereocenters. The number of piperidine rings is 1. The SMILES string of the molecule is COc1ccc(Cn2c(CN3CCC[C@@H](C(=O)NC4CCCCC4)C3)nc3ccccc32)cc1. The first-order valence-corrected chi connectivity index (χ1v) is 12.8. The highest BCUT2D eigenvalue weighted by molar-refractivity contribution is 5.79. The molecule has 2 heterocycles. The van der Waals surface area contributed by atoms with Crippen LogP contribution in [-0.4, -0.2) is 46.6 Å². The van der Waals surface area contributed by atoms with E-state index < -0.39 is 0 Å². The van der Waals surface area contributed by atoms with Crippen molar-refractivity contribution >= 4 is 16.9 Å². The van der Waals surface area contributed by atoms with Crippen molar-refractivity contribution < 1.29 is 9.53 Å². The maximum absolute atomic E-state index is 13.0. The average Bonchev–Trinajstić information content (AvgIpc) is 3.22. The molecular formula is C28H36N4O2. The molecule has 1 aromatic heterocycles. The first-order chi connectivity index (χ1) is 16.7. The minimum absolute atomic E-state index is 0.0788. The van der Waals surface area contributed by atoms with E-state index in [1.54, 1.807) is 7.11 Å². The lowest BCUT2D eigenvalue weighted by Gasteiger charge is -2.33. The Morgan fingerprint density at radius 1 is 1.00 bits per heavy atom. The Morgan fingerprint density at radius 2 is 1.79 bits per heavy atom. The number of hydrogen-bond acceptors (Lipinski definition) is 4. The Kier molecular flexibility index (Phi) is 7.14. The van der Waals surface area contributed by atoms with E-state index in [4.69, 9.17) is 9.72 Å². The molecule has 1 N–H and O–H groups in total. The number of rotatable bonds is 7. The van der Waals surface area contributed by atoms with Gasteiger partial charge in [-0.3, -0.25) is 9.69 Å². The van der Waals surface area contributed by atoms with Gasteiger partial charge in [-0.15, -0.1) is 0 Å². The van der Waals surface area contributed by atoms with Crippen LogP contribution < -0.4 is 10.1 Å². The number of imidazole rings is 1. The van der Waals surface area contributed by atoms with E-state index in [0.29, 0.717) is 6.04 Å². The average molecular weight is 461 g/mol. The van der Waals surface area contributed by atoms with Crippen LogP contribution in [0.15, 0.2) is 48.5 Å². The summed E-state index contributed by atoms with van der Waals surface area (Å²) in [5.41, 5.74) is 3.39. The number of fused-ring (bicyclic) bond motifs is 1. The highest BCUT2D eigenvalue weighted by atomic mass is 16.5. The van der Waals surface area contributed by atoms with Crippen LogP contribution in [0.4, 0.5) is 0 Å². The van der Waals surface area contributed by atoms with Crippen molar-refractivity contribution in [1.29, 1.82) is 0 Å². The van der Waals surface area contributed by atoms with Gasteiger partial charge < -0.3 is 14.6 Å². The van der Waals surface area contributed by atoms with Crippen LogP contribution in [0.25, 0.3) is 11.0 Å². The van der Waals surface area contributed by atoms with E-state index in [9.17, 15) is 4.79 Å². The summed E-state index contributed by atoms with van der Waals surface area (Å²) in [7, 11) is 1.69. The number of nitrogens with zero attached hydrogens (tertiary/aromatic N) is 3. The molecule has 180 valence electrons. The van der Waals surface area contributed by atoms with Gasteiger partial charge in [0.1, 0.15) is 11.6 Å². The Hall–Kier alpha value is -2.86. The van der Waals surface area contributed by atoms with Crippen molar-refractivity contribution in [2.45, 2.75) is 64.1 Å². The largest absolute Gasteiger partial charge is 0.497 e. The Labute approximate surface area is 202 Å². The molecule has 2 aromatic carbocycles. The van der Waals surface area contributed by atoms with Gasteiger partial charge in [0.15, 0.2) is 0 Å². The number of hydrogen-bond donors (Lipinski definition) is 1. The van der Waals surface area contributed by atoms with Gasteiger partial charge >= 0.3 is 0 Å². The van der Waals surface area contributed by atoms with Crippen LogP contribution in [0.1, 0.15) is 56.3 Å². The fourth-order valence-electron chi connectivity index (χ4n) is 5.52. The van der Waals surface area contributed by atoms with Gasteiger partial charge in [0.25, 0.3) is 0 Å². The zero-order valence-electron chi connectivity index (χ0n) is 20.2. The second kappa shape index (κ2) is 10.6. The Balaban J connectivity index is 1.30. The van der Waals surface area contributed by atoms with Crippen LogP contribution >= 0.6 is 0 Å². The predicted molar refractivity (Wildman–Crippen MR) is 135 cm³/mol. The molecule has 3 aromatic rings. The maximum atomic E-state index is 13.0. The normalized spacial score (nSPS) is 19.9. The van der Waals surface area contributed by atoms with E-state index in [2.05, 4.69) is 45.1 Å². The molecule has 0 unspecified atom stereocenters. The van der Waals surface area contributed by atoms with E-state index in [1.165, 1.54) is 24.8 Å². The number of para-hydroxylation sites is 2. The molecule has 1 aliphatic carbocycles. The van der Waals surface area contributed by atoms with E-state index in [1.807, 2.05) is 18.2 Å². The Bertz CT molecular complexity index is 1100. The summed E-state index contributed by atoms with van der Waals surface area (Å²) in [5, 5.41) is 3.35. The zero-order chi connectivity index (χ0) is 23.3. The van der Waals surface area contributed by atoms with E-state index in [-0.39, 0.29) is 11.8 Å². The third-order valence-corrected chi connectivity index (χ3v) is 7.43. The summed E-state index contributed by atoms with van der Waals surface area (Å²) in [6.45, 7) is 3.35. The van der Waals surface area contributed by atoms with Crippen molar-refractivity contribution in [1.82, 2.24) is 19.8 Å². The fourth-order valence-corrected chi connectivity index (χ4v) is 5.52. The highest BCUT2D eigenvalue weighted by Gasteiger charge is 2.28. The minimum Gasteiger partial charge on any atom is -0.497 e. The monoisotopic (exact) mass is 460 g/mol. The molecule has 1 saturated carbocycles. The molecule has 6 nitrogen and oxygen atoms in total. The predicted octanol–water partition coefficient (Wildman–Crippen LogP) is 4.75. The van der Waals surface area contributed by atoms with E-state index in [0.717, 1.165) is 74.5 Å². The lowest BCUT2D eigenvalue weighted by atomic mass is 9.93. The topological polar surface area (TPSA) is 59.4 Å². The third kappa shape index (κ3) is 5.27. The molecule has 1 saturated heterocycles. The van der Waals surface area contributed by atoms with Crippen LogP contribution in [0.3, 0.4) is 0 Å². The second-order valence-electron chi connectivity index (χ2n) is 9.87. The third-order valence-electron chi connectivity index (χ3n) is 7.43. The molecule has 0 bridgehead atoms. The molecule has 5 rings (SSSR count). The summed E-state index contributed by atoms with van der Waals surface area (Å²) in [6.07, 6.45) is 8.10. The number of carbonyl (C=O) groups is 1. The number of benzene rings is 2. The van der Waals surface area contributed by atoms with Crippen molar-refractivity contribution in [3.8, 4) is 5.75 Å². The van der Waals surface area contributed by atoms with Crippen molar-refractivity contribution in [3.63, 3.8) is 0 Å². The standard InChI is InChI=1S/C28H36N4O2/c1-34-24-15-13-21(14-16-24)18-32-26-12-6-5-11-25(26)30-27(32)20-31-17-7-8-22(19-31)28(33)29-23-9-3-2-4-10-23/h5-6,11-16,22-23H,2-4,7-10,17-20H2,1H3,(H,29,33)/t22-/m1/s1. The molecule has 0 radical (unpaired) electrons. The van der Waals surface area contributed by atoms with Crippen LogP contribution in [-0.2, 0) is 17.9 Å². The molecule has 2 aliphatic rings. The van der Waals surface area contributed by atoms with Crippen LogP contribution in [0.5, 0.6) is 5.75 Å². The minimum atomic E-state index is 0.0788. The number of ether oxygens (including phenoxy) is 1. The van der Waals surface area contributed by atoms with Gasteiger partial charge in [-0.05, 0) is 62.1 Å². The second-order valence-corrected chi connectivity index (χ2v) is 9.87. The number of aromatic nitrogens is 2. The summed E-state index contributed by atoms with van der Waals surface area (Å²) in [5.74, 6) is 2.26. The van der Waals surface area contributed by atoms with E-state index >= 15 is 0 Å². The first kappa shape index (κ1) is 22.9. The molecule has 0 spiro atoms. The Morgan fingerprint density at radius 3 is 2.59 bits per heavy atom. The number of likely N-dealkylation sites (tertiary alicyclic amines) is 1. The highest BCUT2D eigenvalue weighted by Crippen LogP contribution is 2.24. The van der Waals surface area contributed by atoms with Gasteiger partial charge in [0.05, 0.1) is 30.6 Å². The molecule has 2 fully saturated rings. The molecule has 34 heavy (non-hydrogen) atoms. The van der Waals surface area contributed by atoms with Crippen molar-refractivity contribution in [3.05, 3.63) is 59.9 Å². The summed E-state index contributed by atoms with van der Waals surface area (Å²) >= 11 is 0. The van der Waals surface area contributed by atoms with Crippen LogP contribution in [0, 0.1) is 5.92 Å². The number of carbonyl (C=O) groups excluding carboxylic acids is 1. The number of nitrogens with one attached hydrogen (secondary N) is 1. The van der Waals surface area contributed by atoms with Gasteiger partial charge in [-0.1, -0.05) is 43.5 Å². The number of methoxy groups -OCH3 is 1. The lowest BCUT2D eigenvalue weighted by Crippen LogP contribution is -2.46. The fraction of sp³-hybridized carbons (Fsp3) is 0.500. The number of amides is 1. The molecule has 1 aliphatic heterocycles. The van der Waals surface area contributed by atoms with Gasteiger partial charge in [0.2, 0.25) is 5.91 Å². The van der Waals surface area contributed by atoms with Gasteiger partial charge in [-0.25, -0.2) is 4.98 Å². The van der Waals surface area contributed by atoms with Gasteiger partial charge in [-0.2, -0.15) is 0 Å². The molecular weight excluding hydrogens is 424 g/mol. The summed E-state index contributed by atoms with van der Waals surface area (Å²) < 4.78 is 7.64. The molecule has 1 amide bonds. The molecule has 6 heteroatoms.